The summed E-state index contributed by atoms with van der Waals surface area (Å²) in [6.45, 7) is 7.89. The van der Waals surface area contributed by atoms with E-state index in [0.29, 0.717) is 23.4 Å². The van der Waals surface area contributed by atoms with Crippen LogP contribution in [-0.2, 0) is 19.1 Å². The van der Waals surface area contributed by atoms with E-state index in [4.69, 9.17) is 21.1 Å². The van der Waals surface area contributed by atoms with E-state index in [0.717, 1.165) is 16.7 Å². The molecule has 5 heteroatoms. The Morgan fingerprint density at radius 1 is 1.03 bits per heavy atom. The molecule has 0 bridgehead atoms. The first kappa shape index (κ1) is 29.7. The standard InChI is InChI=1S/C34H35ClO4/c1-4-38-33(36)25(3)20-22-30(29-18-13-12-17-28(24-29)26-14-8-6-9-15-26)31(34(37)39-5-2)23-21-27-16-10-7-11-19-32(27)35/h6-15,17-20,22-24,29-30H,3-5,16,21H2,1-2H3/b22-20+,31-23+. The number of esters is 2. The fourth-order valence-electron chi connectivity index (χ4n) is 4.30. The minimum absolute atomic E-state index is 0.206. The molecule has 3 rings (SSSR count). The third-order valence-electron chi connectivity index (χ3n) is 6.29. The van der Waals surface area contributed by atoms with E-state index in [9.17, 15) is 9.59 Å². The lowest BCUT2D eigenvalue weighted by Crippen LogP contribution is -2.21. The van der Waals surface area contributed by atoms with Crippen LogP contribution in [0.4, 0.5) is 0 Å². The van der Waals surface area contributed by atoms with Gasteiger partial charge in [0.15, 0.2) is 0 Å². The predicted molar refractivity (Wildman–Crippen MR) is 160 cm³/mol. The molecule has 0 saturated heterocycles. The van der Waals surface area contributed by atoms with Gasteiger partial charge in [-0.1, -0.05) is 115 Å². The van der Waals surface area contributed by atoms with Gasteiger partial charge in [-0.15, -0.1) is 0 Å². The molecule has 1 aromatic rings. The number of carbonyl (C=O) groups excluding carboxylic acids is 2. The molecular formula is C34H35ClO4. The monoisotopic (exact) mass is 542 g/mol. The number of halogens is 1. The van der Waals surface area contributed by atoms with Crippen molar-refractivity contribution in [2.45, 2.75) is 26.7 Å². The molecular weight excluding hydrogens is 508 g/mol. The van der Waals surface area contributed by atoms with Crippen LogP contribution in [0.5, 0.6) is 0 Å². The first-order chi connectivity index (χ1) is 18.9. The summed E-state index contributed by atoms with van der Waals surface area (Å²) in [5.74, 6) is -1.57. The molecule has 1 aromatic carbocycles. The van der Waals surface area contributed by atoms with E-state index in [1.807, 2.05) is 79.0 Å². The SMILES string of the molecule is C=C(/C=C/C(/C(=C\CC1=C(Cl)C=CC=CC1)C(=O)OCC)C1C=CC=CC(c2ccccc2)=C1)C(=O)OCC. The molecule has 39 heavy (non-hydrogen) atoms. The molecule has 0 N–H and O–H groups in total. The zero-order valence-corrected chi connectivity index (χ0v) is 23.3. The van der Waals surface area contributed by atoms with Gasteiger partial charge in [-0.2, -0.15) is 0 Å². The summed E-state index contributed by atoms with van der Waals surface area (Å²) in [4.78, 5) is 25.7. The van der Waals surface area contributed by atoms with Crippen LogP contribution in [0.1, 0.15) is 32.3 Å². The van der Waals surface area contributed by atoms with Gasteiger partial charge in [0, 0.05) is 22.4 Å². The smallest absolute Gasteiger partial charge is 0.337 e. The van der Waals surface area contributed by atoms with Crippen molar-refractivity contribution in [3.05, 3.63) is 137 Å². The molecule has 2 aliphatic rings. The third-order valence-corrected chi connectivity index (χ3v) is 6.68. The van der Waals surface area contributed by atoms with Gasteiger partial charge in [0.25, 0.3) is 0 Å². The lowest BCUT2D eigenvalue weighted by molar-refractivity contribution is -0.139. The number of carbonyl (C=O) groups is 2. The molecule has 0 spiro atoms. The van der Waals surface area contributed by atoms with Crippen LogP contribution in [0.3, 0.4) is 0 Å². The van der Waals surface area contributed by atoms with Crippen molar-refractivity contribution in [1.82, 2.24) is 0 Å². The molecule has 0 aromatic heterocycles. The lowest BCUT2D eigenvalue weighted by atomic mass is 9.82. The van der Waals surface area contributed by atoms with Crippen LogP contribution in [0.2, 0.25) is 0 Å². The maximum absolute atomic E-state index is 13.4. The van der Waals surface area contributed by atoms with Gasteiger partial charge in [0.2, 0.25) is 0 Å². The van der Waals surface area contributed by atoms with E-state index in [1.165, 1.54) is 0 Å². The van der Waals surface area contributed by atoms with Crippen LogP contribution in [-0.4, -0.2) is 25.2 Å². The number of hydrogen-bond donors (Lipinski definition) is 0. The summed E-state index contributed by atoms with van der Waals surface area (Å²) in [6, 6.07) is 10.1. The molecule has 0 aliphatic heterocycles. The highest BCUT2D eigenvalue weighted by atomic mass is 35.5. The molecule has 0 radical (unpaired) electrons. The molecule has 2 atom stereocenters. The first-order valence-electron chi connectivity index (χ1n) is 13.2. The normalized spacial score (nSPS) is 18.0. The molecule has 2 unspecified atom stereocenters. The molecule has 2 aliphatic carbocycles. The fourth-order valence-corrected chi connectivity index (χ4v) is 4.52. The molecule has 0 fully saturated rings. The lowest BCUT2D eigenvalue weighted by Gasteiger charge is -2.23. The zero-order chi connectivity index (χ0) is 28.0. The predicted octanol–water partition coefficient (Wildman–Crippen LogP) is 7.99. The van der Waals surface area contributed by atoms with Crippen molar-refractivity contribution in [1.29, 1.82) is 0 Å². The molecule has 0 amide bonds. The topological polar surface area (TPSA) is 52.6 Å². The van der Waals surface area contributed by atoms with E-state index < -0.39 is 17.9 Å². The van der Waals surface area contributed by atoms with Gasteiger partial charge in [0.05, 0.1) is 18.8 Å². The average Bonchev–Trinajstić information content (AvgIpc) is 3.31. The zero-order valence-electron chi connectivity index (χ0n) is 22.5. The third kappa shape index (κ3) is 8.83. The number of rotatable bonds is 11. The Morgan fingerprint density at radius 3 is 2.49 bits per heavy atom. The average molecular weight is 543 g/mol. The molecule has 202 valence electrons. The Balaban J connectivity index is 2.09. The van der Waals surface area contributed by atoms with Crippen molar-refractivity contribution >= 4 is 29.1 Å². The summed E-state index contributed by atoms with van der Waals surface area (Å²) < 4.78 is 10.6. The van der Waals surface area contributed by atoms with Crippen LogP contribution in [0.15, 0.2) is 132 Å². The number of benzene rings is 1. The van der Waals surface area contributed by atoms with Crippen LogP contribution < -0.4 is 0 Å². The number of ether oxygens (including phenoxy) is 2. The molecule has 4 nitrogen and oxygen atoms in total. The van der Waals surface area contributed by atoms with Gasteiger partial charge in [-0.05, 0) is 49.5 Å². The van der Waals surface area contributed by atoms with Crippen LogP contribution >= 0.6 is 11.6 Å². The van der Waals surface area contributed by atoms with Crippen molar-refractivity contribution in [2.75, 3.05) is 13.2 Å². The quantitative estimate of drug-likeness (QED) is 0.161. The summed E-state index contributed by atoms with van der Waals surface area (Å²) >= 11 is 6.52. The first-order valence-corrected chi connectivity index (χ1v) is 13.6. The highest BCUT2D eigenvalue weighted by Gasteiger charge is 2.27. The van der Waals surface area contributed by atoms with Gasteiger partial charge in [-0.3, -0.25) is 0 Å². The Bertz CT molecular complexity index is 1290. The van der Waals surface area contributed by atoms with Gasteiger partial charge < -0.3 is 9.47 Å². The fraction of sp³-hybridized carbons (Fsp3) is 0.235. The van der Waals surface area contributed by atoms with E-state index in [2.05, 4.69) is 24.8 Å². The highest BCUT2D eigenvalue weighted by molar-refractivity contribution is 6.31. The molecule has 0 saturated carbocycles. The van der Waals surface area contributed by atoms with Crippen molar-refractivity contribution < 1.29 is 19.1 Å². The largest absolute Gasteiger partial charge is 0.463 e. The van der Waals surface area contributed by atoms with Gasteiger partial charge >= 0.3 is 11.9 Å². The Morgan fingerprint density at radius 2 is 1.74 bits per heavy atom. The minimum atomic E-state index is -0.498. The summed E-state index contributed by atoms with van der Waals surface area (Å²) in [7, 11) is 0. The van der Waals surface area contributed by atoms with Crippen LogP contribution in [0, 0.1) is 11.8 Å². The van der Waals surface area contributed by atoms with E-state index in [1.54, 1.807) is 19.9 Å². The second-order valence-corrected chi connectivity index (χ2v) is 9.37. The van der Waals surface area contributed by atoms with Gasteiger partial charge in [0.1, 0.15) is 0 Å². The molecule has 0 heterocycles. The summed E-state index contributed by atoms with van der Waals surface area (Å²) in [5, 5.41) is 0.659. The van der Waals surface area contributed by atoms with Crippen molar-refractivity contribution in [3.8, 4) is 0 Å². The Hall–Kier alpha value is -3.89. The summed E-state index contributed by atoms with van der Waals surface area (Å²) in [5.41, 5.74) is 3.79. The second-order valence-electron chi connectivity index (χ2n) is 8.97. The van der Waals surface area contributed by atoms with E-state index >= 15 is 0 Å². The van der Waals surface area contributed by atoms with Crippen molar-refractivity contribution in [3.63, 3.8) is 0 Å². The maximum atomic E-state index is 13.4. The van der Waals surface area contributed by atoms with E-state index in [-0.39, 0.29) is 24.7 Å². The minimum Gasteiger partial charge on any atom is -0.463 e. The number of allylic oxidation sites excluding steroid dienone is 14. The van der Waals surface area contributed by atoms with Crippen molar-refractivity contribution in [2.24, 2.45) is 11.8 Å². The highest BCUT2D eigenvalue weighted by Crippen LogP contribution is 2.33. The summed E-state index contributed by atoms with van der Waals surface area (Å²) in [6.07, 6.45) is 24.5. The van der Waals surface area contributed by atoms with Gasteiger partial charge in [-0.25, -0.2) is 9.59 Å². The number of hydrogen-bond acceptors (Lipinski definition) is 4. The maximum Gasteiger partial charge on any atom is 0.337 e. The Kier molecular flexibility index (Phi) is 11.8. The Labute approximate surface area is 236 Å². The van der Waals surface area contributed by atoms with Crippen LogP contribution in [0.25, 0.3) is 5.57 Å². The second kappa shape index (κ2) is 15.5.